The molecular formula is C24H24N2O2S. The Morgan fingerprint density at radius 2 is 1.66 bits per heavy atom. The summed E-state index contributed by atoms with van der Waals surface area (Å²) in [6, 6.07) is 23.7. The Balaban J connectivity index is 1.52. The Bertz CT molecular complexity index is 987. The number of urea groups is 1. The predicted molar refractivity (Wildman–Crippen MR) is 120 cm³/mol. The molecule has 0 radical (unpaired) electrons. The van der Waals surface area contributed by atoms with E-state index in [1.165, 1.54) is 0 Å². The van der Waals surface area contributed by atoms with Gasteiger partial charge in [0.1, 0.15) is 16.9 Å². The first-order valence-electron chi connectivity index (χ1n) is 9.70. The highest BCUT2D eigenvalue weighted by molar-refractivity contribution is 7.99. The topological polar surface area (TPSA) is 41.6 Å². The zero-order chi connectivity index (χ0) is 20.2. The number of carbonyl (C=O) groups is 1. The van der Waals surface area contributed by atoms with Crippen molar-refractivity contribution in [2.75, 3.05) is 17.6 Å². The number of nitrogens with one attached hydrogen (secondary N) is 1. The van der Waals surface area contributed by atoms with E-state index in [1.54, 1.807) is 11.8 Å². The summed E-state index contributed by atoms with van der Waals surface area (Å²) in [4.78, 5) is 15.0. The molecule has 0 bridgehead atoms. The fourth-order valence-electron chi connectivity index (χ4n) is 3.50. The second kappa shape index (κ2) is 8.62. The van der Waals surface area contributed by atoms with Crippen molar-refractivity contribution in [3.8, 4) is 11.5 Å². The first-order valence-corrected chi connectivity index (χ1v) is 10.7. The summed E-state index contributed by atoms with van der Waals surface area (Å²) in [5.41, 5.74) is 4.10. The van der Waals surface area contributed by atoms with Gasteiger partial charge in [0.15, 0.2) is 0 Å². The van der Waals surface area contributed by atoms with Gasteiger partial charge in [-0.15, -0.1) is 11.8 Å². The summed E-state index contributed by atoms with van der Waals surface area (Å²) in [6.07, 6.45) is 0. The lowest BCUT2D eigenvalue weighted by Crippen LogP contribution is -2.34. The summed E-state index contributed by atoms with van der Waals surface area (Å²) in [5, 5.41) is 3.09. The van der Waals surface area contributed by atoms with E-state index in [-0.39, 0.29) is 11.4 Å². The smallest absolute Gasteiger partial charge is 0.323 e. The number of rotatable bonds is 4. The normalized spacial score (nSPS) is 15.9. The van der Waals surface area contributed by atoms with Crippen LogP contribution in [0.4, 0.5) is 10.5 Å². The minimum Gasteiger partial charge on any atom is -0.457 e. The molecule has 1 saturated heterocycles. The van der Waals surface area contributed by atoms with E-state index in [9.17, 15) is 4.79 Å². The molecule has 0 aromatic heterocycles. The minimum atomic E-state index is -0.0632. The van der Waals surface area contributed by atoms with Gasteiger partial charge >= 0.3 is 6.03 Å². The van der Waals surface area contributed by atoms with Gasteiger partial charge in [0.2, 0.25) is 0 Å². The van der Waals surface area contributed by atoms with Crippen LogP contribution >= 0.6 is 11.8 Å². The molecule has 29 heavy (non-hydrogen) atoms. The van der Waals surface area contributed by atoms with Crippen LogP contribution in [0.15, 0.2) is 72.8 Å². The van der Waals surface area contributed by atoms with Gasteiger partial charge in [-0.05, 0) is 54.8 Å². The highest BCUT2D eigenvalue weighted by Crippen LogP contribution is 2.39. The highest BCUT2D eigenvalue weighted by atomic mass is 32.2. The number of para-hydroxylation sites is 2. The summed E-state index contributed by atoms with van der Waals surface area (Å²) >= 11 is 1.78. The van der Waals surface area contributed by atoms with E-state index in [0.29, 0.717) is 0 Å². The lowest BCUT2D eigenvalue weighted by molar-refractivity contribution is 0.214. The minimum absolute atomic E-state index is 0.0290. The summed E-state index contributed by atoms with van der Waals surface area (Å²) < 4.78 is 5.97. The van der Waals surface area contributed by atoms with Crippen molar-refractivity contribution >= 4 is 23.5 Å². The van der Waals surface area contributed by atoms with Gasteiger partial charge in [0.25, 0.3) is 0 Å². The molecule has 1 heterocycles. The predicted octanol–water partition coefficient (Wildman–Crippen LogP) is 6.38. The summed E-state index contributed by atoms with van der Waals surface area (Å²) in [5.74, 6) is 2.49. The first kappa shape index (κ1) is 19.4. The number of ether oxygens (including phenoxy) is 1. The second-order valence-corrected chi connectivity index (χ2v) is 8.29. The Hall–Kier alpha value is -2.92. The molecule has 1 N–H and O–H groups in total. The lowest BCUT2D eigenvalue weighted by atomic mass is 10.1. The van der Waals surface area contributed by atoms with Crippen LogP contribution < -0.4 is 10.1 Å². The monoisotopic (exact) mass is 404 g/mol. The number of thioether (sulfide) groups is 1. The van der Waals surface area contributed by atoms with Gasteiger partial charge in [-0.1, -0.05) is 48.5 Å². The van der Waals surface area contributed by atoms with Gasteiger partial charge in [-0.2, -0.15) is 0 Å². The van der Waals surface area contributed by atoms with Crippen molar-refractivity contribution in [3.63, 3.8) is 0 Å². The molecule has 1 unspecified atom stereocenters. The van der Waals surface area contributed by atoms with Gasteiger partial charge in [0.05, 0.1) is 0 Å². The third-order valence-electron chi connectivity index (χ3n) is 4.99. The zero-order valence-corrected chi connectivity index (χ0v) is 17.4. The van der Waals surface area contributed by atoms with E-state index in [4.69, 9.17) is 4.74 Å². The molecule has 5 heteroatoms. The van der Waals surface area contributed by atoms with Crippen molar-refractivity contribution in [1.29, 1.82) is 0 Å². The number of hydrogen-bond donors (Lipinski definition) is 1. The van der Waals surface area contributed by atoms with E-state index < -0.39 is 0 Å². The molecule has 3 aromatic rings. The molecule has 0 saturated carbocycles. The third kappa shape index (κ3) is 4.40. The molecule has 1 aliphatic rings. The molecule has 0 aliphatic carbocycles. The quantitative estimate of drug-likeness (QED) is 0.549. The van der Waals surface area contributed by atoms with Crippen molar-refractivity contribution in [2.45, 2.75) is 19.2 Å². The standard InChI is InChI=1S/C24H24N2O2S/c1-17-8-6-9-18(2)22(17)25-24(27)26-14-15-29-23(26)19-10-7-13-21(16-19)28-20-11-4-3-5-12-20/h3-13,16,23H,14-15H2,1-2H3,(H,25,27). The van der Waals surface area contributed by atoms with Crippen LogP contribution in [0.25, 0.3) is 0 Å². The molecule has 1 aliphatic heterocycles. The second-order valence-electron chi connectivity index (χ2n) is 7.10. The maximum atomic E-state index is 13.0. The fourth-order valence-corrected chi connectivity index (χ4v) is 4.75. The number of nitrogens with zero attached hydrogens (tertiary/aromatic N) is 1. The highest BCUT2D eigenvalue weighted by Gasteiger charge is 2.31. The van der Waals surface area contributed by atoms with Crippen molar-refractivity contribution < 1.29 is 9.53 Å². The molecule has 4 nitrogen and oxygen atoms in total. The van der Waals surface area contributed by atoms with E-state index >= 15 is 0 Å². The Morgan fingerprint density at radius 1 is 0.966 bits per heavy atom. The summed E-state index contributed by atoms with van der Waals surface area (Å²) in [7, 11) is 0. The van der Waals surface area contributed by atoms with Crippen LogP contribution in [0.3, 0.4) is 0 Å². The van der Waals surface area contributed by atoms with Crippen molar-refractivity contribution in [2.24, 2.45) is 0 Å². The van der Waals surface area contributed by atoms with Gasteiger partial charge in [-0.3, -0.25) is 0 Å². The maximum absolute atomic E-state index is 13.0. The van der Waals surface area contributed by atoms with Crippen LogP contribution in [0, 0.1) is 13.8 Å². The first-order chi connectivity index (χ1) is 14.1. The van der Waals surface area contributed by atoms with Crippen LogP contribution in [0.5, 0.6) is 11.5 Å². The van der Waals surface area contributed by atoms with Crippen LogP contribution in [-0.4, -0.2) is 23.2 Å². The molecule has 1 atom stereocenters. The Kier molecular flexibility index (Phi) is 5.76. The molecule has 0 spiro atoms. The Labute approximate surface area is 175 Å². The van der Waals surface area contributed by atoms with E-state index in [0.717, 1.165) is 46.2 Å². The number of carbonyl (C=O) groups excluding carboxylic acids is 1. The van der Waals surface area contributed by atoms with Crippen molar-refractivity contribution in [1.82, 2.24) is 4.90 Å². The van der Waals surface area contributed by atoms with Crippen LogP contribution in [-0.2, 0) is 0 Å². The number of benzene rings is 3. The SMILES string of the molecule is Cc1cccc(C)c1NC(=O)N1CCSC1c1cccc(Oc2ccccc2)c1. The molecule has 148 valence electrons. The average Bonchev–Trinajstić information content (AvgIpc) is 3.22. The Morgan fingerprint density at radius 3 is 2.41 bits per heavy atom. The van der Waals surface area contributed by atoms with Crippen LogP contribution in [0.1, 0.15) is 22.1 Å². The summed E-state index contributed by atoms with van der Waals surface area (Å²) in [6.45, 7) is 4.75. The third-order valence-corrected chi connectivity index (χ3v) is 6.25. The molecule has 3 aromatic carbocycles. The molecule has 2 amide bonds. The van der Waals surface area contributed by atoms with E-state index in [1.807, 2.05) is 85.5 Å². The van der Waals surface area contributed by atoms with Gasteiger partial charge in [0, 0.05) is 18.0 Å². The number of anilines is 1. The van der Waals surface area contributed by atoms with Gasteiger partial charge < -0.3 is 15.0 Å². The van der Waals surface area contributed by atoms with E-state index in [2.05, 4.69) is 11.4 Å². The molecule has 1 fully saturated rings. The molecule has 4 rings (SSSR count). The largest absolute Gasteiger partial charge is 0.457 e. The number of hydrogen-bond acceptors (Lipinski definition) is 3. The average molecular weight is 405 g/mol. The van der Waals surface area contributed by atoms with Crippen LogP contribution in [0.2, 0.25) is 0 Å². The number of aryl methyl sites for hydroxylation is 2. The fraction of sp³-hybridized carbons (Fsp3) is 0.208. The lowest BCUT2D eigenvalue weighted by Gasteiger charge is -2.25. The zero-order valence-electron chi connectivity index (χ0n) is 16.6. The maximum Gasteiger partial charge on any atom is 0.323 e. The number of amides is 2. The molecular weight excluding hydrogens is 380 g/mol. The van der Waals surface area contributed by atoms with Crippen molar-refractivity contribution in [3.05, 3.63) is 89.5 Å². The van der Waals surface area contributed by atoms with Gasteiger partial charge in [-0.25, -0.2) is 4.79 Å².